The highest BCUT2D eigenvalue weighted by atomic mass is 14.1. The Kier molecular flexibility index (Phi) is 10.6. The highest BCUT2D eigenvalue weighted by molar-refractivity contribution is 4.82. The van der Waals surface area contributed by atoms with Crippen LogP contribution in [0.25, 0.3) is 0 Å². The van der Waals surface area contributed by atoms with Crippen LogP contribution in [0.15, 0.2) is 12.2 Å². The first kappa shape index (κ1) is 13.7. The van der Waals surface area contributed by atoms with Gasteiger partial charge in [-0.2, -0.15) is 0 Å². The quantitative estimate of drug-likeness (QED) is 0.345. The van der Waals surface area contributed by atoms with Gasteiger partial charge in [-0.15, -0.1) is 0 Å². The summed E-state index contributed by atoms with van der Waals surface area (Å²) in [6.45, 7) is 6.87. The first-order chi connectivity index (χ1) is 6.85. The van der Waals surface area contributed by atoms with Crippen molar-refractivity contribution in [1.29, 1.82) is 0 Å². The van der Waals surface area contributed by atoms with E-state index in [4.69, 9.17) is 0 Å². The summed E-state index contributed by atoms with van der Waals surface area (Å²) in [5.74, 6) is 0.954. The summed E-state index contributed by atoms with van der Waals surface area (Å²) < 4.78 is 0. The summed E-state index contributed by atoms with van der Waals surface area (Å²) in [5, 5.41) is 0. The minimum Gasteiger partial charge on any atom is -0.0885 e. The van der Waals surface area contributed by atoms with Crippen LogP contribution < -0.4 is 0 Å². The Morgan fingerprint density at radius 2 is 1.50 bits per heavy atom. The molecule has 14 heavy (non-hydrogen) atoms. The maximum Gasteiger partial charge on any atom is -0.0348 e. The van der Waals surface area contributed by atoms with Crippen LogP contribution in [0.1, 0.15) is 72.1 Å². The van der Waals surface area contributed by atoms with E-state index >= 15 is 0 Å². The van der Waals surface area contributed by atoms with Crippen LogP contribution in [-0.2, 0) is 0 Å². The van der Waals surface area contributed by atoms with E-state index in [2.05, 4.69) is 32.9 Å². The SMILES string of the molecule is CCCCCC=CCCC(CC)CC. The van der Waals surface area contributed by atoms with Crippen molar-refractivity contribution in [1.82, 2.24) is 0 Å². The molecule has 0 aliphatic heterocycles. The molecule has 0 aliphatic carbocycles. The second-order valence-electron chi connectivity index (χ2n) is 4.23. The summed E-state index contributed by atoms with van der Waals surface area (Å²) in [5.41, 5.74) is 0. The van der Waals surface area contributed by atoms with Crippen molar-refractivity contribution in [3.63, 3.8) is 0 Å². The molecule has 0 rings (SSSR count). The van der Waals surface area contributed by atoms with Crippen molar-refractivity contribution in [3.05, 3.63) is 12.2 Å². The first-order valence-corrected chi connectivity index (χ1v) is 6.50. The largest absolute Gasteiger partial charge is 0.0885 e. The molecule has 0 nitrogen and oxygen atoms in total. The Labute approximate surface area is 90.8 Å². The second kappa shape index (κ2) is 10.8. The molecule has 0 spiro atoms. The van der Waals surface area contributed by atoms with E-state index in [0.717, 1.165) is 5.92 Å². The van der Waals surface area contributed by atoms with Gasteiger partial charge in [0, 0.05) is 0 Å². The number of unbranched alkanes of at least 4 members (excludes halogenated alkanes) is 3. The molecule has 0 aliphatic rings. The molecule has 0 saturated carbocycles. The lowest BCUT2D eigenvalue weighted by molar-refractivity contribution is 0.460. The minimum atomic E-state index is 0.954. The lowest BCUT2D eigenvalue weighted by atomic mass is 9.97. The van der Waals surface area contributed by atoms with Crippen LogP contribution in [0.2, 0.25) is 0 Å². The third-order valence-electron chi connectivity index (χ3n) is 3.04. The van der Waals surface area contributed by atoms with Gasteiger partial charge in [0.1, 0.15) is 0 Å². The molecule has 0 saturated heterocycles. The van der Waals surface area contributed by atoms with Crippen LogP contribution >= 0.6 is 0 Å². The van der Waals surface area contributed by atoms with Crippen molar-refractivity contribution in [2.45, 2.75) is 72.1 Å². The Morgan fingerprint density at radius 1 is 0.857 bits per heavy atom. The van der Waals surface area contributed by atoms with Crippen molar-refractivity contribution in [3.8, 4) is 0 Å². The highest BCUT2D eigenvalue weighted by Crippen LogP contribution is 2.14. The summed E-state index contributed by atoms with van der Waals surface area (Å²) in [6, 6.07) is 0. The van der Waals surface area contributed by atoms with Crippen molar-refractivity contribution in [2.24, 2.45) is 5.92 Å². The Hall–Kier alpha value is -0.260. The first-order valence-electron chi connectivity index (χ1n) is 6.50. The van der Waals surface area contributed by atoms with Gasteiger partial charge in [0.25, 0.3) is 0 Å². The summed E-state index contributed by atoms with van der Waals surface area (Å²) in [7, 11) is 0. The van der Waals surface area contributed by atoms with Crippen molar-refractivity contribution >= 4 is 0 Å². The molecule has 0 aromatic rings. The molecular weight excluding hydrogens is 168 g/mol. The Balaban J connectivity index is 3.25. The molecule has 0 aromatic carbocycles. The smallest absolute Gasteiger partial charge is 0.0348 e. The van der Waals surface area contributed by atoms with Gasteiger partial charge in [0.05, 0.1) is 0 Å². The highest BCUT2D eigenvalue weighted by Gasteiger charge is 2.00. The molecule has 0 fully saturated rings. The standard InChI is InChI=1S/C14H28/c1-4-7-8-9-10-11-12-13-14(5-2)6-3/h10-11,14H,4-9,12-13H2,1-3H3. The van der Waals surface area contributed by atoms with Crippen molar-refractivity contribution < 1.29 is 0 Å². The van der Waals surface area contributed by atoms with Crippen LogP contribution in [0.4, 0.5) is 0 Å². The van der Waals surface area contributed by atoms with Gasteiger partial charge in [-0.05, 0) is 31.6 Å². The van der Waals surface area contributed by atoms with E-state index in [9.17, 15) is 0 Å². The Bertz CT molecular complexity index is 120. The lowest BCUT2D eigenvalue weighted by Crippen LogP contribution is -1.94. The molecule has 0 bridgehead atoms. The van der Waals surface area contributed by atoms with Gasteiger partial charge >= 0.3 is 0 Å². The molecule has 0 heteroatoms. The average molecular weight is 196 g/mol. The van der Waals surface area contributed by atoms with E-state index in [1.54, 1.807) is 0 Å². The van der Waals surface area contributed by atoms with Crippen LogP contribution in [0, 0.1) is 5.92 Å². The molecule has 0 heterocycles. The van der Waals surface area contributed by atoms with E-state index in [1.807, 2.05) is 0 Å². The molecular formula is C14H28. The van der Waals surface area contributed by atoms with Gasteiger partial charge in [-0.25, -0.2) is 0 Å². The van der Waals surface area contributed by atoms with E-state index in [1.165, 1.54) is 51.4 Å². The monoisotopic (exact) mass is 196 g/mol. The van der Waals surface area contributed by atoms with Crippen molar-refractivity contribution in [2.75, 3.05) is 0 Å². The fourth-order valence-electron chi connectivity index (χ4n) is 1.78. The predicted octanol–water partition coefficient (Wildman–Crippen LogP) is 5.34. The number of rotatable bonds is 9. The number of hydrogen-bond donors (Lipinski definition) is 0. The normalized spacial score (nSPS) is 11.7. The maximum atomic E-state index is 2.38. The number of allylic oxidation sites excluding steroid dienone is 2. The minimum absolute atomic E-state index is 0.954. The zero-order valence-electron chi connectivity index (χ0n) is 10.4. The average Bonchev–Trinajstić information content (AvgIpc) is 2.22. The fraction of sp³-hybridized carbons (Fsp3) is 0.857. The van der Waals surface area contributed by atoms with E-state index in [0.29, 0.717) is 0 Å². The van der Waals surface area contributed by atoms with Gasteiger partial charge in [-0.3, -0.25) is 0 Å². The molecule has 0 aromatic heterocycles. The molecule has 0 unspecified atom stereocenters. The fourth-order valence-corrected chi connectivity index (χ4v) is 1.78. The summed E-state index contributed by atoms with van der Waals surface area (Å²) in [6.07, 6.45) is 15.5. The van der Waals surface area contributed by atoms with Gasteiger partial charge in [-0.1, -0.05) is 58.6 Å². The zero-order valence-corrected chi connectivity index (χ0v) is 10.4. The van der Waals surface area contributed by atoms with Crippen LogP contribution in [0.5, 0.6) is 0 Å². The molecule has 0 N–H and O–H groups in total. The maximum absolute atomic E-state index is 2.38. The number of hydrogen-bond acceptors (Lipinski definition) is 0. The zero-order chi connectivity index (χ0) is 10.6. The summed E-state index contributed by atoms with van der Waals surface area (Å²) in [4.78, 5) is 0. The van der Waals surface area contributed by atoms with E-state index in [-0.39, 0.29) is 0 Å². The Morgan fingerprint density at radius 3 is 2.07 bits per heavy atom. The van der Waals surface area contributed by atoms with Gasteiger partial charge in [0.2, 0.25) is 0 Å². The van der Waals surface area contributed by atoms with E-state index < -0.39 is 0 Å². The predicted molar refractivity (Wildman–Crippen MR) is 66.6 cm³/mol. The second-order valence-corrected chi connectivity index (χ2v) is 4.23. The molecule has 0 atom stereocenters. The van der Waals surface area contributed by atoms with Gasteiger partial charge in [0.15, 0.2) is 0 Å². The third-order valence-corrected chi connectivity index (χ3v) is 3.04. The molecule has 0 amide bonds. The third kappa shape index (κ3) is 8.34. The molecule has 84 valence electrons. The lowest BCUT2D eigenvalue weighted by Gasteiger charge is -2.09. The van der Waals surface area contributed by atoms with Crippen LogP contribution in [-0.4, -0.2) is 0 Å². The van der Waals surface area contributed by atoms with Gasteiger partial charge < -0.3 is 0 Å². The van der Waals surface area contributed by atoms with Crippen LogP contribution in [0.3, 0.4) is 0 Å². The summed E-state index contributed by atoms with van der Waals surface area (Å²) >= 11 is 0. The molecule has 0 radical (unpaired) electrons. The topological polar surface area (TPSA) is 0 Å².